The fourth-order valence-corrected chi connectivity index (χ4v) is 3.41. The molecule has 2 aromatic heterocycles. The van der Waals surface area contributed by atoms with E-state index in [0.717, 1.165) is 33.2 Å². The number of rotatable bonds is 1. The molecular formula is C23H17N3O. The van der Waals surface area contributed by atoms with Gasteiger partial charge < -0.3 is 9.32 Å². The summed E-state index contributed by atoms with van der Waals surface area (Å²) in [5, 5.41) is 1.95. The average Bonchev–Trinajstić information content (AvgIpc) is 3.10. The molecule has 0 atom stereocenters. The van der Waals surface area contributed by atoms with Crippen molar-refractivity contribution in [2.24, 2.45) is 0 Å². The largest absolute Gasteiger partial charge is 0.438 e. The second-order valence-corrected chi connectivity index (χ2v) is 6.43. The van der Waals surface area contributed by atoms with Gasteiger partial charge in [0, 0.05) is 23.7 Å². The number of allylic oxidation sites excluding steroid dienone is 4. The molecule has 2 aromatic carbocycles. The standard InChI is InChI=1S/C23H17N3O/c1-16-9-3-2-8-14-26(20-12-6-4-10-17(16)20)23-24-15-19-18-11-5-7-13-21(18)27-22(19)25-23/h2-13,15H,1,14H2/b8-2-,9-3-. The summed E-state index contributed by atoms with van der Waals surface area (Å²) in [5.41, 5.74) is 4.45. The molecule has 0 saturated carbocycles. The Morgan fingerprint density at radius 2 is 1.81 bits per heavy atom. The smallest absolute Gasteiger partial charge is 0.233 e. The number of para-hydroxylation sites is 2. The van der Waals surface area contributed by atoms with E-state index in [1.807, 2.05) is 60.8 Å². The van der Waals surface area contributed by atoms with Crippen LogP contribution in [-0.4, -0.2) is 16.5 Å². The minimum atomic E-state index is 0.597. The summed E-state index contributed by atoms with van der Waals surface area (Å²) in [7, 11) is 0. The highest BCUT2D eigenvalue weighted by Crippen LogP contribution is 2.33. The van der Waals surface area contributed by atoms with Crippen LogP contribution in [0.4, 0.5) is 11.6 Å². The van der Waals surface area contributed by atoms with Crippen LogP contribution in [0.2, 0.25) is 0 Å². The van der Waals surface area contributed by atoms with Crippen LogP contribution < -0.4 is 4.90 Å². The van der Waals surface area contributed by atoms with Gasteiger partial charge >= 0.3 is 0 Å². The Labute approximate surface area is 156 Å². The van der Waals surface area contributed by atoms with Crippen molar-refractivity contribution in [3.05, 3.63) is 91.2 Å². The summed E-state index contributed by atoms with van der Waals surface area (Å²) in [4.78, 5) is 11.5. The van der Waals surface area contributed by atoms with Crippen LogP contribution in [0.3, 0.4) is 0 Å². The summed E-state index contributed by atoms with van der Waals surface area (Å²) in [6.45, 7) is 4.85. The van der Waals surface area contributed by atoms with E-state index in [0.29, 0.717) is 18.2 Å². The molecule has 27 heavy (non-hydrogen) atoms. The fourth-order valence-electron chi connectivity index (χ4n) is 3.41. The van der Waals surface area contributed by atoms with Gasteiger partial charge in [0.1, 0.15) is 5.58 Å². The maximum atomic E-state index is 5.95. The van der Waals surface area contributed by atoms with Crippen molar-refractivity contribution >= 4 is 39.3 Å². The van der Waals surface area contributed by atoms with Crippen LogP contribution in [0.1, 0.15) is 5.56 Å². The predicted octanol–water partition coefficient (Wildman–Crippen LogP) is 5.65. The zero-order chi connectivity index (χ0) is 18.2. The minimum absolute atomic E-state index is 0.597. The summed E-state index contributed by atoms with van der Waals surface area (Å²) >= 11 is 0. The molecule has 4 heteroatoms. The van der Waals surface area contributed by atoms with Crippen LogP contribution in [0.25, 0.3) is 27.6 Å². The van der Waals surface area contributed by atoms with Gasteiger partial charge in [-0.15, -0.1) is 0 Å². The van der Waals surface area contributed by atoms with Crippen LogP contribution in [-0.2, 0) is 0 Å². The molecule has 5 rings (SSSR count). The topological polar surface area (TPSA) is 42.2 Å². The Hall–Kier alpha value is -3.66. The van der Waals surface area contributed by atoms with Crippen molar-refractivity contribution in [3.8, 4) is 0 Å². The molecule has 0 unspecified atom stereocenters. The third kappa shape index (κ3) is 2.62. The van der Waals surface area contributed by atoms with E-state index in [1.165, 1.54) is 0 Å². The Bertz CT molecular complexity index is 1230. The molecule has 0 bridgehead atoms. The van der Waals surface area contributed by atoms with Gasteiger partial charge in [-0.1, -0.05) is 67.3 Å². The number of nitrogens with zero attached hydrogens (tertiary/aromatic N) is 3. The zero-order valence-electron chi connectivity index (χ0n) is 14.7. The molecule has 0 radical (unpaired) electrons. The minimum Gasteiger partial charge on any atom is -0.438 e. The van der Waals surface area contributed by atoms with Gasteiger partial charge in [-0.25, -0.2) is 4.98 Å². The SMILES string of the molecule is C=C1/C=C\C=C/CN(c2ncc3c(n2)oc2ccccc23)c2ccccc21. The molecule has 4 nitrogen and oxygen atoms in total. The van der Waals surface area contributed by atoms with Crippen LogP contribution >= 0.6 is 0 Å². The number of anilines is 2. The molecule has 1 aliphatic rings. The van der Waals surface area contributed by atoms with E-state index in [1.54, 1.807) is 0 Å². The van der Waals surface area contributed by atoms with Crippen LogP contribution in [0.5, 0.6) is 0 Å². The first-order valence-corrected chi connectivity index (χ1v) is 8.84. The highest BCUT2D eigenvalue weighted by atomic mass is 16.3. The Balaban J connectivity index is 1.69. The number of fused-ring (bicyclic) bond motifs is 4. The Morgan fingerprint density at radius 1 is 0.963 bits per heavy atom. The maximum Gasteiger partial charge on any atom is 0.233 e. The molecule has 1 aliphatic heterocycles. The third-order valence-electron chi connectivity index (χ3n) is 4.74. The number of aromatic nitrogens is 2. The van der Waals surface area contributed by atoms with E-state index in [4.69, 9.17) is 9.40 Å². The summed E-state index contributed by atoms with van der Waals surface area (Å²) in [6.07, 6.45) is 9.96. The Kier molecular flexibility index (Phi) is 3.61. The van der Waals surface area contributed by atoms with Gasteiger partial charge in [0.25, 0.3) is 0 Å². The second-order valence-electron chi connectivity index (χ2n) is 6.43. The number of hydrogen-bond acceptors (Lipinski definition) is 4. The summed E-state index contributed by atoms with van der Waals surface area (Å²) in [5.74, 6) is 0.605. The molecule has 3 heterocycles. The average molecular weight is 351 g/mol. The number of furan rings is 1. The van der Waals surface area contributed by atoms with Gasteiger partial charge in [-0.3, -0.25) is 0 Å². The molecule has 130 valence electrons. The lowest BCUT2D eigenvalue weighted by Gasteiger charge is -2.23. The maximum absolute atomic E-state index is 5.95. The van der Waals surface area contributed by atoms with E-state index < -0.39 is 0 Å². The first-order chi connectivity index (χ1) is 13.3. The van der Waals surface area contributed by atoms with Crippen molar-refractivity contribution in [1.29, 1.82) is 0 Å². The molecule has 0 spiro atoms. The lowest BCUT2D eigenvalue weighted by molar-refractivity contribution is 0.652. The molecule has 0 aliphatic carbocycles. The van der Waals surface area contributed by atoms with Crippen molar-refractivity contribution in [3.63, 3.8) is 0 Å². The van der Waals surface area contributed by atoms with E-state index >= 15 is 0 Å². The fraction of sp³-hybridized carbons (Fsp3) is 0.0435. The van der Waals surface area contributed by atoms with Crippen molar-refractivity contribution in [2.45, 2.75) is 0 Å². The van der Waals surface area contributed by atoms with Crippen LogP contribution in [0, 0.1) is 0 Å². The normalized spacial score (nSPS) is 16.6. The van der Waals surface area contributed by atoms with Crippen molar-refractivity contribution in [1.82, 2.24) is 9.97 Å². The van der Waals surface area contributed by atoms with Crippen LogP contribution in [0.15, 0.2) is 90.0 Å². The van der Waals surface area contributed by atoms with E-state index in [-0.39, 0.29) is 0 Å². The molecule has 0 saturated heterocycles. The van der Waals surface area contributed by atoms with Gasteiger partial charge in [0.15, 0.2) is 0 Å². The summed E-state index contributed by atoms with van der Waals surface area (Å²) < 4.78 is 5.95. The molecule has 0 fully saturated rings. The first kappa shape index (κ1) is 15.6. The number of hydrogen-bond donors (Lipinski definition) is 0. The monoisotopic (exact) mass is 351 g/mol. The van der Waals surface area contributed by atoms with Gasteiger partial charge in [0.05, 0.1) is 11.1 Å². The summed E-state index contributed by atoms with van der Waals surface area (Å²) in [6, 6.07) is 16.1. The molecule has 0 amide bonds. The zero-order valence-corrected chi connectivity index (χ0v) is 14.7. The number of benzene rings is 2. The quantitative estimate of drug-likeness (QED) is 0.444. The van der Waals surface area contributed by atoms with Crippen molar-refractivity contribution in [2.75, 3.05) is 11.4 Å². The Morgan fingerprint density at radius 3 is 2.78 bits per heavy atom. The van der Waals surface area contributed by atoms with E-state index in [9.17, 15) is 0 Å². The lowest BCUT2D eigenvalue weighted by atomic mass is 10.0. The molecule has 0 N–H and O–H groups in total. The lowest BCUT2D eigenvalue weighted by Crippen LogP contribution is -2.20. The highest BCUT2D eigenvalue weighted by Gasteiger charge is 2.18. The third-order valence-corrected chi connectivity index (χ3v) is 4.74. The van der Waals surface area contributed by atoms with Gasteiger partial charge in [0.2, 0.25) is 11.7 Å². The predicted molar refractivity (Wildman–Crippen MR) is 110 cm³/mol. The van der Waals surface area contributed by atoms with Crippen molar-refractivity contribution < 1.29 is 4.42 Å². The molecular weight excluding hydrogens is 334 g/mol. The van der Waals surface area contributed by atoms with Gasteiger partial charge in [-0.2, -0.15) is 4.98 Å². The van der Waals surface area contributed by atoms with Gasteiger partial charge in [-0.05, 0) is 17.7 Å². The second kappa shape index (κ2) is 6.25. The van der Waals surface area contributed by atoms with E-state index in [2.05, 4.69) is 34.7 Å². The highest BCUT2D eigenvalue weighted by molar-refractivity contribution is 6.03. The molecule has 4 aromatic rings. The first-order valence-electron chi connectivity index (χ1n) is 8.84.